The number of carbonyl (C=O) groups is 1. The summed E-state index contributed by atoms with van der Waals surface area (Å²) >= 11 is 12.0. The van der Waals surface area contributed by atoms with Crippen molar-refractivity contribution in [2.75, 3.05) is 5.43 Å². The Hall–Kier alpha value is -1.82. The predicted octanol–water partition coefficient (Wildman–Crippen LogP) is 3.17. The summed E-state index contributed by atoms with van der Waals surface area (Å²) in [6.07, 6.45) is 1.55. The van der Waals surface area contributed by atoms with Gasteiger partial charge in [-0.15, -0.1) is 0 Å². The van der Waals surface area contributed by atoms with Gasteiger partial charge in [0.25, 0.3) is 5.91 Å². The molecule has 0 saturated carbocycles. The first-order valence-electron chi connectivity index (χ1n) is 6.20. The van der Waals surface area contributed by atoms with Crippen LogP contribution in [0.15, 0.2) is 36.5 Å². The van der Waals surface area contributed by atoms with E-state index in [0.29, 0.717) is 21.4 Å². The molecule has 0 aliphatic carbocycles. The minimum atomic E-state index is -0.297. The van der Waals surface area contributed by atoms with Gasteiger partial charge in [0.05, 0.1) is 11.6 Å². The van der Waals surface area contributed by atoms with Crippen molar-refractivity contribution >= 4 is 34.9 Å². The highest BCUT2D eigenvalue weighted by atomic mass is 35.5. The van der Waals surface area contributed by atoms with Gasteiger partial charge in [-0.05, 0) is 36.8 Å². The van der Waals surface area contributed by atoms with Gasteiger partial charge in [0.15, 0.2) is 5.82 Å². The Morgan fingerprint density at radius 1 is 1.33 bits per heavy atom. The summed E-state index contributed by atoms with van der Waals surface area (Å²) in [6, 6.07) is 8.15. The van der Waals surface area contributed by atoms with Crippen molar-refractivity contribution in [3.05, 3.63) is 57.7 Å². The maximum atomic E-state index is 12.3. The number of hydrogen-bond acceptors (Lipinski definition) is 4. The van der Waals surface area contributed by atoms with Gasteiger partial charge in [0.1, 0.15) is 0 Å². The van der Waals surface area contributed by atoms with Crippen molar-refractivity contribution in [1.29, 1.82) is 0 Å². The maximum Gasteiger partial charge on any atom is 0.255 e. The second-order valence-electron chi connectivity index (χ2n) is 4.40. The van der Waals surface area contributed by atoms with Crippen LogP contribution in [0, 0.1) is 0 Å². The van der Waals surface area contributed by atoms with Crippen LogP contribution in [0.4, 0.5) is 5.82 Å². The molecule has 1 heterocycles. The predicted molar refractivity (Wildman–Crippen MR) is 84.4 cm³/mol. The SMILES string of the molecule is CC(NC(=O)c1cccnc1NN)c1ccc(Cl)cc1Cl. The zero-order valence-corrected chi connectivity index (χ0v) is 12.7. The maximum absolute atomic E-state index is 12.3. The Balaban J connectivity index is 2.19. The fourth-order valence-electron chi connectivity index (χ4n) is 1.91. The Kier molecular flexibility index (Phi) is 5.01. The number of nitrogens with zero attached hydrogens (tertiary/aromatic N) is 1. The second kappa shape index (κ2) is 6.76. The lowest BCUT2D eigenvalue weighted by atomic mass is 10.1. The van der Waals surface area contributed by atoms with Crippen molar-refractivity contribution in [1.82, 2.24) is 10.3 Å². The third-order valence-corrected chi connectivity index (χ3v) is 3.53. The highest BCUT2D eigenvalue weighted by molar-refractivity contribution is 6.35. The van der Waals surface area contributed by atoms with Gasteiger partial charge in [0.2, 0.25) is 0 Å². The molecule has 1 unspecified atom stereocenters. The number of amides is 1. The largest absolute Gasteiger partial charge is 0.345 e. The number of rotatable bonds is 4. The van der Waals surface area contributed by atoms with E-state index >= 15 is 0 Å². The molecule has 0 spiro atoms. The molecule has 0 aliphatic rings. The minimum Gasteiger partial charge on any atom is -0.345 e. The van der Waals surface area contributed by atoms with Crippen molar-refractivity contribution in [3.63, 3.8) is 0 Å². The summed E-state index contributed by atoms with van der Waals surface area (Å²) in [7, 11) is 0. The lowest BCUT2D eigenvalue weighted by molar-refractivity contribution is 0.0940. The molecule has 1 amide bonds. The van der Waals surface area contributed by atoms with Crippen LogP contribution in [0.1, 0.15) is 28.9 Å². The molecule has 0 radical (unpaired) electrons. The normalized spacial score (nSPS) is 11.8. The average Bonchev–Trinajstić information content (AvgIpc) is 2.46. The molecule has 0 bridgehead atoms. The van der Waals surface area contributed by atoms with Gasteiger partial charge in [-0.3, -0.25) is 4.79 Å². The zero-order chi connectivity index (χ0) is 15.4. The van der Waals surface area contributed by atoms with E-state index in [-0.39, 0.29) is 11.9 Å². The number of nitrogens with one attached hydrogen (secondary N) is 2. The number of nitrogen functional groups attached to an aromatic ring is 1. The van der Waals surface area contributed by atoms with E-state index < -0.39 is 0 Å². The van der Waals surface area contributed by atoms with Crippen molar-refractivity contribution in [2.24, 2.45) is 5.84 Å². The summed E-state index contributed by atoms with van der Waals surface area (Å²) < 4.78 is 0. The van der Waals surface area contributed by atoms with E-state index in [2.05, 4.69) is 15.7 Å². The number of nitrogens with two attached hydrogens (primary N) is 1. The third kappa shape index (κ3) is 3.64. The monoisotopic (exact) mass is 324 g/mol. The van der Waals surface area contributed by atoms with Crippen LogP contribution in [0.2, 0.25) is 10.0 Å². The number of benzene rings is 1. The third-order valence-electron chi connectivity index (χ3n) is 2.97. The van der Waals surface area contributed by atoms with Crippen LogP contribution < -0.4 is 16.6 Å². The quantitative estimate of drug-likeness (QED) is 0.596. The van der Waals surface area contributed by atoms with Crippen molar-refractivity contribution < 1.29 is 4.79 Å². The Labute approximate surface area is 132 Å². The van der Waals surface area contributed by atoms with Gasteiger partial charge in [-0.2, -0.15) is 0 Å². The summed E-state index contributed by atoms with van der Waals surface area (Å²) in [5, 5.41) is 3.89. The molecule has 0 fully saturated rings. The summed E-state index contributed by atoms with van der Waals surface area (Å²) in [4.78, 5) is 16.3. The number of hydrogen-bond donors (Lipinski definition) is 3. The molecule has 0 saturated heterocycles. The van der Waals surface area contributed by atoms with Crippen molar-refractivity contribution in [3.8, 4) is 0 Å². The molecule has 110 valence electrons. The molecule has 4 N–H and O–H groups in total. The van der Waals surface area contributed by atoms with Gasteiger partial charge in [-0.1, -0.05) is 29.3 Å². The first kappa shape index (κ1) is 15.6. The second-order valence-corrected chi connectivity index (χ2v) is 5.25. The van der Waals surface area contributed by atoms with Gasteiger partial charge >= 0.3 is 0 Å². The smallest absolute Gasteiger partial charge is 0.255 e. The number of pyridine rings is 1. The molecule has 1 aromatic carbocycles. The first-order valence-corrected chi connectivity index (χ1v) is 6.96. The number of halogens is 2. The fourth-order valence-corrected chi connectivity index (χ4v) is 2.48. The summed E-state index contributed by atoms with van der Waals surface area (Å²) in [5.41, 5.74) is 3.53. The van der Waals surface area contributed by atoms with E-state index in [9.17, 15) is 4.79 Å². The highest BCUT2D eigenvalue weighted by Crippen LogP contribution is 2.26. The van der Waals surface area contributed by atoms with Crippen LogP contribution in [-0.2, 0) is 0 Å². The van der Waals surface area contributed by atoms with Crippen LogP contribution in [-0.4, -0.2) is 10.9 Å². The molecule has 5 nitrogen and oxygen atoms in total. The number of aromatic nitrogens is 1. The van der Waals surface area contributed by atoms with E-state index in [1.807, 2.05) is 6.92 Å². The lowest BCUT2D eigenvalue weighted by Crippen LogP contribution is -2.28. The van der Waals surface area contributed by atoms with E-state index in [0.717, 1.165) is 5.56 Å². The van der Waals surface area contributed by atoms with Gasteiger partial charge in [-0.25, -0.2) is 10.8 Å². The molecule has 2 aromatic rings. The summed E-state index contributed by atoms with van der Waals surface area (Å²) in [6.45, 7) is 1.83. The minimum absolute atomic E-state index is 0.284. The van der Waals surface area contributed by atoms with E-state index in [1.165, 1.54) is 0 Å². The van der Waals surface area contributed by atoms with Crippen LogP contribution in [0.5, 0.6) is 0 Å². The topological polar surface area (TPSA) is 80.0 Å². The molecule has 0 aliphatic heterocycles. The highest BCUT2D eigenvalue weighted by Gasteiger charge is 2.16. The molecular weight excluding hydrogens is 311 g/mol. The zero-order valence-electron chi connectivity index (χ0n) is 11.2. The molecule has 1 aromatic heterocycles. The molecule has 1 atom stereocenters. The Morgan fingerprint density at radius 3 is 2.76 bits per heavy atom. The molecular formula is C14H14Cl2N4O. The molecule has 2 rings (SSSR count). The van der Waals surface area contributed by atoms with Crippen molar-refractivity contribution in [2.45, 2.75) is 13.0 Å². The standard InChI is InChI=1S/C14H14Cl2N4O/c1-8(10-5-4-9(15)7-12(10)16)19-14(21)11-3-2-6-18-13(11)20-17/h2-8H,17H2,1H3,(H,18,20)(H,19,21). The summed E-state index contributed by atoms with van der Waals surface area (Å²) in [5.74, 6) is 5.36. The number of anilines is 1. The Morgan fingerprint density at radius 2 is 2.10 bits per heavy atom. The van der Waals surface area contributed by atoms with Crippen LogP contribution >= 0.6 is 23.2 Å². The van der Waals surface area contributed by atoms with Gasteiger partial charge < -0.3 is 10.7 Å². The van der Waals surface area contributed by atoms with Gasteiger partial charge in [0, 0.05) is 16.2 Å². The Bertz CT molecular complexity index is 663. The van der Waals surface area contributed by atoms with E-state index in [4.69, 9.17) is 29.0 Å². The van der Waals surface area contributed by atoms with E-state index in [1.54, 1.807) is 36.5 Å². The lowest BCUT2D eigenvalue weighted by Gasteiger charge is -2.17. The first-order chi connectivity index (χ1) is 10.0. The molecule has 7 heteroatoms. The average molecular weight is 325 g/mol. The number of carbonyl (C=O) groups excluding carboxylic acids is 1. The molecule has 21 heavy (non-hydrogen) atoms. The fraction of sp³-hybridized carbons (Fsp3) is 0.143. The van der Waals surface area contributed by atoms with Crippen LogP contribution in [0.25, 0.3) is 0 Å². The number of hydrazine groups is 1. The van der Waals surface area contributed by atoms with Crippen LogP contribution in [0.3, 0.4) is 0 Å².